The summed E-state index contributed by atoms with van der Waals surface area (Å²) in [6.07, 6.45) is 0. The average Bonchev–Trinajstić information content (AvgIpc) is 2.81. The molecule has 0 aliphatic carbocycles. The van der Waals surface area contributed by atoms with E-state index in [1.165, 1.54) is 19.2 Å². The zero-order valence-electron chi connectivity index (χ0n) is 17.6. The predicted molar refractivity (Wildman–Crippen MR) is 117 cm³/mol. The third-order valence-corrected chi connectivity index (χ3v) is 5.11. The number of methoxy groups -OCH3 is 1. The first-order valence-electron chi connectivity index (χ1n) is 9.77. The van der Waals surface area contributed by atoms with Crippen LogP contribution in [0.25, 0.3) is 0 Å². The van der Waals surface area contributed by atoms with Gasteiger partial charge in [-0.2, -0.15) is 0 Å². The van der Waals surface area contributed by atoms with Gasteiger partial charge in [-0.3, -0.25) is 14.9 Å². The van der Waals surface area contributed by atoms with Crippen molar-refractivity contribution in [1.82, 2.24) is 4.90 Å². The summed E-state index contributed by atoms with van der Waals surface area (Å²) in [7, 11) is 3.19. The summed E-state index contributed by atoms with van der Waals surface area (Å²) in [4.78, 5) is 25.2. The van der Waals surface area contributed by atoms with E-state index < -0.39 is 4.92 Å². The Labute approximate surface area is 181 Å². The molecule has 0 aliphatic heterocycles. The molecule has 31 heavy (non-hydrogen) atoms. The lowest BCUT2D eigenvalue weighted by molar-refractivity contribution is -0.384. The fraction of sp³-hybridized carbons (Fsp3) is 0.208. The summed E-state index contributed by atoms with van der Waals surface area (Å²) >= 11 is 0. The molecule has 3 aromatic rings. The van der Waals surface area contributed by atoms with Crippen LogP contribution in [0.5, 0.6) is 11.5 Å². The van der Waals surface area contributed by atoms with Gasteiger partial charge in [0, 0.05) is 24.7 Å². The lowest BCUT2D eigenvalue weighted by Gasteiger charge is -2.25. The van der Waals surface area contributed by atoms with Gasteiger partial charge >= 0.3 is 0 Å². The largest absolute Gasteiger partial charge is 0.493 e. The van der Waals surface area contributed by atoms with Crippen molar-refractivity contribution in [2.24, 2.45) is 0 Å². The van der Waals surface area contributed by atoms with E-state index in [0.29, 0.717) is 29.2 Å². The Bertz CT molecular complexity index is 1070. The van der Waals surface area contributed by atoms with Crippen LogP contribution < -0.4 is 9.47 Å². The second kappa shape index (κ2) is 9.75. The van der Waals surface area contributed by atoms with Crippen LogP contribution in [0.15, 0.2) is 72.8 Å². The molecule has 3 aromatic carbocycles. The van der Waals surface area contributed by atoms with Crippen molar-refractivity contribution >= 4 is 11.6 Å². The molecule has 0 saturated heterocycles. The van der Waals surface area contributed by atoms with Gasteiger partial charge in [-0.25, -0.2) is 0 Å². The van der Waals surface area contributed by atoms with E-state index in [4.69, 9.17) is 9.47 Å². The van der Waals surface area contributed by atoms with Gasteiger partial charge in [-0.1, -0.05) is 42.5 Å². The molecule has 0 radical (unpaired) electrons. The molecule has 0 heterocycles. The Hall–Kier alpha value is -3.87. The van der Waals surface area contributed by atoms with E-state index in [0.717, 1.165) is 5.56 Å². The lowest BCUT2D eigenvalue weighted by atomic mass is 10.1. The van der Waals surface area contributed by atoms with Crippen LogP contribution in [0.4, 0.5) is 5.69 Å². The number of nitro benzene ring substituents is 1. The SMILES string of the molecule is COc1cc(C(=O)N(C)[C@H](C)c2cccc([N+](=O)[O-])c2)ccc1OCc1ccccc1. The summed E-state index contributed by atoms with van der Waals surface area (Å²) < 4.78 is 11.3. The minimum Gasteiger partial charge on any atom is -0.493 e. The van der Waals surface area contributed by atoms with Gasteiger partial charge in [-0.15, -0.1) is 0 Å². The summed E-state index contributed by atoms with van der Waals surface area (Å²) in [6.45, 7) is 2.21. The van der Waals surface area contributed by atoms with Crippen molar-refractivity contribution in [2.45, 2.75) is 19.6 Å². The van der Waals surface area contributed by atoms with E-state index in [-0.39, 0.29) is 17.6 Å². The molecule has 0 spiro atoms. The molecule has 0 bridgehead atoms. The van der Waals surface area contributed by atoms with E-state index in [1.807, 2.05) is 37.3 Å². The molecule has 1 atom stereocenters. The van der Waals surface area contributed by atoms with Gasteiger partial charge in [0.1, 0.15) is 6.61 Å². The maximum absolute atomic E-state index is 13.0. The first-order chi connectivity index (χ1) is 14.9. The van der Waals surface area contributed by atoms with Gasteiger partial charge in [0.25, 0.3) is 11.6 Å². The molecule has 7 heteroatoms. The highest BCUT2D eigenvalue weighted by molar-refractivity contribution is 5.95. The standard InChI is InChI=1S/C24H24N2O5/c1-17(19-10-7-11-21(14-19)26(28)29)25(2)24(27)20-12-13-22(23(15-20)30-3)31-16-18-8-5-4-6-9-18/h4-15,17H,16H2,1-3H3/t17-/m1/s1. The van der Waals surface area contributed by atoms with Gasteiger partial charge < -0.3 is 14.4 Å². The maximum Gasteiger partial charge on any atom is 0.269 e. The number of amides is 1. The monoisotopic (exact) mass is 420 g/mol. The van der Waals surface area contributed by atoms with Crippen molar-refractivity contribution in [3.63, 3.8) is 0 Å². The molecule has 0 fully saturated rings. The summed E-state index contributed by atoms with van der Waals surface area (Å²) in [5.74, 6) is 0.766. The Kier molecular flexibility index (Phi) is 6.87. The fourth-order valence-electron chi connectivity index (χ4n) is 3.16. The van der Waals surface area contributed by atoms with E-state index >= 15 is 0 Å². The Morgan fingerprint density at radius 2 is 1.77 bits per heavy atom. The number of carbonyl (C=O) groups excluding carboxylic acids is 1. The van der Waals surface area contributed by atoms with Crippen molar-refractivity contribution in [3.05, 3.63) is 99.6 Å². The minimum atomic E-state index is -0.447. The van der Waals surface area contributed by atoms with E-state index in [2.05, 4.69) is 0 Å². The van der Waals surface area contributed by atoms with Gasteiger partial charge in [-0.05, 0) is 36.2 Å². The Morgan fingerprint density at radius 3 is 2.45 bits per heavy atom. The first kappa shape index (κ1) is 21.8. The van der Waals surface area contributed by atoms with Crippen molar-refractivity contribution in [2.75, 3.05) is 14.2 Å². The van der Waals surface area contributed by atoms with Crippen LogP contribution in [0.1, 0.15) is 34.5 Å². The predicted octanol–water partition coefficient (Wildman–Crippen LogP) is 5.02. The van der Waals surface area contributed by atoms with Crippen LogP contribution >= 0.6 is 0 Å². The molecular weight excluding hydrogens is 396 g/mol. The number of ether oxygens (including phenoxy) is 2. The molecule has 0 aliphatic rings. The molecule has 0 N–H and O–H groups in total. The number of carbonyl (C=O) groups is 1. The van der Waals surface area contributed by atoms with Crippen LogP contribution in [0.3, 0.4) is 0 Å². The molecule has 160 valence electrons. The third-order valence-electron chi connectivity index (χ3n) is 5.11. The molecule has 0 saturated carbocycles. The summed E-state index contributed by atoms with van der Waals surface area (Å²) in [6, 6.07) is 20.7. The number of hydrogen-bond donors (Lipinski definition) is 0. The number of nitro groups is 1. The third kappa shape index (κ3) is 5.19. The van der Waals surface area contributed by atoms with Gasteiger partial charge in [0.2, 0.25) is 0 Å². The quantitative estimate of drug-likeness (QED) is 0.378. The molecule has 0 aromatic heterocycles. The smallest absolute Gasteiger partial charge is 0.269 e. The molecular formula is C24H24N2O5. The topological polar surface area (TPSA) is 81.9 Å². The van der Waals surface area contributed by atoms with Crippen LogP contribution in [0, 0.1) is 10.1 Å². The number of non-ortho nitro benzene ring substituents is 1. The first-order valence-corrected chi connectivity index (χ1v) is 9.77. The highest BCUT2D eigenvalue weighted by atomic mass is 16.6. The van der Waals surface area contributed by atoms with Crippen molar-refractivity contribution in [3.8, 4) is 11.5 Å². The molecule has 0 unspecified atom stereocenters. The van der Waals surface area contributed by atoms with Gasteiger partial charge in [0.05, 0.1) is 18.1 Å². The normalized spacial score (nSPS) is 11.5. The molecule has 1 amide bonds. The molecule has 3 rings (SSSR count). The summed E-state index contributed by atoms with van der Waals surface area (Å²) in [5, 5.41) is 11.0. The number of rotatable bonds is 8. The second-order valence-electron chi connectivity index (χ2n) is 7.08. The minimum absolute atomic E-state index is 0.00761. The number of benzene rings is 3. The van der Waals surface area contributed by atoms with E-state index in [1.54, 1.807) is 42.3 Å². The van der Waals surface area contributed by atoms with Crippen LogP contribution in [0.2, 0.25) is 0 Å². The maximum atomic E-state index is 13.0. The lowest BCUT2D eigenvalue weighted by Crippen LogP contribution is -2.29. The fourth-order valence-corrected chi connectivity index (χ4v) is 3.16. The highest BCUT2D eigenvalue weighted by Crippen LogP contribution is 2.31. The zero-order chi connectivity index (χ0) is 22.4. The van der Waals surface area contributed by atoms with Crippen molar-refractivity contribution in [1.29, 1.82) is 0 Å². The van der Waals surface area contributed by atoms with Crippen LogP contribution in [-0.2, 0) is 6.61 Å². The Balaban J connectivity index is 1.76. The summed E-state index contributed by atoms with van der Waals surface area (Å²) in [5.41, 5.74) is 2.13. The number of hydrogen-bond acceptors (Lipinski definition) is 5. The highest BCUT2D eigenvalue weighted by Gasteiger charge is 2.22. The molecule has 7 nitrogen and oxygen atoms in total. The average molecular weight is 420 g/mol. The zero-order valence-corrected chi connectivity index (χ0v) is 17.6. The Morgan fingerprint density at radius 1 is 1.03 bits per heavy atom. The van der Waals surface area contributed by atoms with Gasteiger partial charge in [0.15, 0.2) is 11.5 Å². The van der Waals surface area contributed by atoms with Crippen LogP contribution in [-0.4, -0.2) is 29.9 Å². The van der Waals surface area contributed by atoms with E-state index in [9.17, 15) is 14.9 Å². The second-order valence-corrected chi connectivity index (χ2v) is 7.08. The van der Waals surface area contributed by atoms with Crippen molar-refractivity contribution < 1.29 is 19.2 Å². The number of nitrogens with zero attached hydrogens (tertiary/aromatic N) is 2.